The van der Waals surface area contributed by atoms with E-state index in [0.717, 1.165) is 27.1 Å². The second kappa shape index (κ2) is 7.59. The molecular weight excluding hydrogens is 354 g/mol. The standard InChI is InChI=1S/C19H18BrNO2/c20-16-8-6-15(7-9-16)19-11-10-17(23-19)12-21-13-18(22)14-4-2-1-3-5-14/h1-11,18,21-22H,12-13H2/t18-/m1/s1. The third-order valence-electron chi connectivity index (χ3n) is 3.61. The van der Waals surface area contributed by atoms with Crippen molar-refractivity contribution in [3.63, 3.8) is 0 Å². The summed E-state index contributed by atoms with van der Waals surface area (Å²) < 4.78 is 6.88. The van der Waals surface area contributed by atoms with Crippen LogP contribution in [-0.4, -0.2) is 11.7 Å². The SMILES string of the molecule is O[C@H](CNCc1ccc(-c2ccc(Br)cc2)o1)c1ccccc1. The molecule has 23 heavy (non-hydrogen) atoms. The molecule has 1 heterocycles. The Kier molecular flexibility index (Phi) is 5.28. The molecule has 0 radical (unpaired) electrons. The van der Waals surface area contributed by atoms with E-state index in [1.54, 1.807) is 0 Å². The molecule has 0 amide bonds. The van der Waals surface area contributed by atoms with Crippen LogP contribution in [0.2, 0.25) is 0 Å². The monoisotopic (exact) mass is 371 g/mol. The topological polar surface area (TPSA) is 45.4 Å². The average molecular weight is 372 g/mol. The van der Waals surface area contributed by atoms with Crippen LogP contribution in [-0.2, 0) is 6.54 Å². The maximum atomic E-state index is 10.1. The first-order valence-corrected chi connectivity index (χ1v) is 8.30. The van der Waals surface area contributed by atoms with Crippen LogP contribution >= 0.6 is 15.9 Å². The average Bonchev–Trinajstić information content (AvgIpc) is 3.05. The molecule has 0 fully saturated rings. The Morgan fingerprint density at radius 3 is 2.43 bits per heavy atom. The Morgan fingerprint density at radius 1 is 0.957 bits per heavy atom. The van der Waals surface area contributed by atoms with Crippen LogP contribution in [0, 0.1) is 0 Å². The Hall–Kier alpha value is -1.88. The fourth-order valence-electron chi connectivity index (χ4n) is 2.37. The van der Waals surface area contributed by atoms with Gasteiger partial charge in [0, 0.05) is 16.6 Å². The molecule has 0 bridgehead atoms. The molecular formula is C19H18BrNO2. The molecule has 0 unspecified atom stereocenters. The molecule has 2 N–H and O–H groups in total. The lowest BCUT2D eigenvalue weighted by atomic mass is 10.1. The summed E-state index contributed by atoms with van der Waals surface area (Å²) in [5.74, 6) is 1.70. The Morgan fingerprint density at radius 2 is 1.70 bits per heavy atom. The second-order valence-electron chi connectivity index (χ2n) is 5.33. The van der Waals surface area contributed by atoms with Crippen molar-refractivity contribution in [2.24, 2.45) is 0 Å². The largest absolute Gasteiger partial charge is 0.460 e. The van der Waals surface area contributed by atoms with E-state index in [-0.39, 0.29) is 0 Å². The molecule has 118 valence electrons. The summed E-state index contributed by atoms with van der Waals surface area (Å²) in [7, 11) is 0. The van der Waals surface area contributed by atoms with Crippen LogP contribution in [0.1, 0.15) is 17.4 Å². The van der Waals surface area contributed by atoms with Gasteiger partial charge in [-0.15, -0.1) is 0 Å². The predicted molar refractivity (Wildman–Crippen MR) is 95.0 cm³/mol. The number of aliphatic hydroxyl groups is 1. The second-order valence-corrected chi connectivity index (χ2v) is 6.25. The molecule has 3 rings (SSSR count). The van der Waals surface area contributed by atoms with Gasteiger partial charge in [-0.2, -0.15) is 0 Å². The molecule has 0 spiro atoms. The third kappa shape index (κ3) is 4.32. The van der Waals surface area contributed by atoms with Crippen LogP contribution in [0.3, 0.4) is 0 Å². The summed E-state index contributed by atoms with van der Waals surface area (Å²) >= 11 is 3.43. The van der Waals surface area contributed by atoms with Crippen molar-refractivity contribution < 1.29 is 9.52 Å². The van der Waals surface area contributed by atoms with Crippen LogP contribution in [0.5, 0.6) is 0 Å². The number of benzene rings is 2. The number of rotatable bonds is 6. The van der Waals surface area contributed by atoms with Crippen LogP contribution in [0.15, 0.2) is 75.6 Å². The number of halogens is 1. The molecule has 0 aliphatic rings. The summed E-state index contributed by atoms with van der Waals surface area (Å²) in [5, 5.41) is 13.3. The molecule has 2 aromatic carbocycles. The van der Waals surface area contributed by atoms with Gasteiger partial charge in [0.05, 0.1) is 12.6 Å². The first-order valence-electron chi connectivity index (χ1n) is 7.51. The molecule has 0 aliphatic carbocycles. The Balaban J connectivity index is 1.54. The van der Waals surface area contributed by atoms with Gasteiger partial charge in [0.2, 0.25) is 0 Å². The summed E-state index contributed by atoms with van der Waals surface area (Å²) in [6.07, 6.45) is -0.517. The first kappa shape index (κ1) is 16.0. The van der Waals surface area contributed by atoms with E-state index in [1.165, 1.54) is 0 Å². The summed E-state index contributed by atoms with van der Waals surface area (Å²) in [4.78, 5) is 0. The quantitative estimate of drug-likeness (QED) is 0.668. The van der Waals surface area contributed by atoms with Crippen LogP contribution in [0.25, 0.3) is 11.3 Å². The van der Waals surface area contributed by atoms with Crippen molar-refractivity contribution in [2.75, 3.05) is 6.54 Å². The van der Waals surface area contributed by atoms with Gasteiger partial charge in [-0.05, 0) is 29.8 Å². The van der Waals surface area contributed by atoms with E-state index in [9.17, 15) is 5.11 Å². The van der Waals surface area contributed by atoms with Crippen molar-refractivity contribution in [2.45, 2.75) is 12.6 Å². The lowest BCUT2D eigenvalue weighted by Crippen LogP contribution is -2.20. The highest BCUT2D eigenvalue weighted by atomic mass is 79.9. The zero-order valence-corrected chi connectivity index (χ0v) is 14.2. The normalized spacial score (nSPS) is 12.3. The van der Waals surface area contributed by atoms with Gasteiger partial charge in [-0.3, -0.25) is 0 Å². The molecule has 0 aliphatic heterocycles. The molecule has 0 saturated heterocycles. The highest BCUT2D eigenvalue weighted by molar-refractivity contribution is 9.10. The number of aliphatic hydroxyl groups excluding tert-OH is 1. The molecule has 1 atom stereocenters. The Labute approximate surface area is 144 Å². The van der Waals surface area contributed by atoms with Gasteiger partial charge in [0.1, 0.15) is 11.5 Å². The van der Waals surface area contributed by atoms with E-state index >= 15 is 0 Å². The maximum absolute atomic E-state index is 10.1. The predicted octanol–water partition coefficient (Wildman–Crippen LogP) is 4.53. The lowest BCUT2D eigenvalue weighted by Gasteiger charge is -2.11. The van der Waals surface area contributed by atoms with E-state index in [1.807, 2.05) is 66.7 Å². The Bertz CT molecular complexity index is 738. The van der Waals surface area contributed by atoms with Gasteiger partial charge in [-0.1, -0.05) is 58.4 Å². The smallest absolute Gasteiger partial charge is 0.134 e. The van der Waals surface area contributed by atoms with Gasteiger partial charge < -0.3 is 14.8 Å². The first-order chi connectivity index (χ1) is 11.2. The van der Waals surface area contributed by atoms with Crippen molar-refractivity contribution in [3.05, 3.63) is 82.5 Å². The summed E-state index contributed by atoms with van der Waals surface area (Å²) in [6.45, 7) is 1.07. The zero-order valence-electron chi connectivity index (χ0n) is 12.6. The number of hydrogen-bond donors (Lipinski definition) is 2. The van der Waals surface area contributed by atoms with Crippen LogP contribution in [0.4, 0.5) is 0 Å². The number of hydrogen-bond acceptors (Lipinski definition) is 3. The molecule has 1 aromatic heterocycles. The summed E-state index contributed by atoms with van der Waals surface area (Å²) in [6, 6.07) is 21.6. The van der Waals surface area contributed by atoms with Crippen molar-refractivity contribution in [1.29, 1.82) is 0 Å². The van der Waals surface area contributed by atoms with E-state index < -0.39 is 6.10 Å². The van der Waals surface area contributed by atoms with Crippen LogP contribution < -0.4 is 5.32 Å². The van der Waals surface area contributed by atoms with E-state index in [2.05, 4.69) is 21.2 Å². The van der Waals surface area contributed by atoms with Gasteiger partial charge >= 0.3 is 0 Å². The van der Waals surface area contributed by atoms with Crippen molar-refractivity contribution >= 4 is 15.9 Å². The fraction of sp³-hybridized carbons (Fsp3) is 0.158. The molecule has 3 nitrogen and oxygen atoms in total. The third-order valence-corrected chi connectivity index (χ3v) is 4.14. The summed E-state index contributed by atoms with van der Waals surface area (Å²) in [5.41, 5.74) is 1.96. The fourth-order valence-corrected chi connectivity index (χ4v) is 2.63. The van der Waals surface area contributed by atoms with E-state index in [0.29, 0.717) is 13.1 Å². The highest BCUT2D eigenvalue weighted by Crippen LogP contribution is 2.24. The van der Waals surface area contributed by atoms with Gasteiger partial charge in [0.15, 0.2) is 0 Å². The number of nitrogens with one attached hydrogen (secondary N) is 1. The van der Waals surface area contributed by atoms with Crippen molar-refractivity contribution in [3.8, 4) is 11.3 Å². The molecule has 3 aromatic rings. The minimum absolute atomic E-state index is 0.484. The minimum Gasteiger partial charge on any atom is -0.460 e. The highest BCUT2D eigenvalue weighted by Gasteiger charge is 2.08. The molecule has 4 heteroatoms. The van der Waals surface area contributed by atoms with Crippen molar-refractivity contribution in [1.82, 2.24) is 5.32 Å². The lowest BCUT2D eigenvalue weighted by molar-refractivity contribution is 0.173. The van der Waals surface area contributed by atoms with E-state index in [4.69, 9.17) is 4.42 Å². The zero-order chi connectivity index (χ0) is 16.1. The van der Waals surface area contributed by atoms with Gasteiger partial charge in [-0.25, -0.2) is 0 Å². The number of furan rings is 1. The molecule has 0 saturated carbocycles. The minimum atomic E-state index is -0.517. The van der Waals surface area contributed by atoms with Gasteiger partial charge in [0.25, 0.3) is 0 Å². The maximum Gasteiger partial charge on any atom is 0.134 e.